The monoisotopic (exact) mass is 285 g/mol. The molecule has 1 N–H and O–H groups in total. The molecule has 1 saturated heterocycles. The Balaban J connectivity index is 1.87. The summed E-state index contributed by atoms with van der Waals surface area (Å²) in [5.74, 6) is 0.0104. The van der Waals surface area contributed by atoms with E-state index in [4.69, 9.17) is 4.74 Å². The van der Waals surface area contributed by atoms with Crippen LogP contribution < -0.4 is 10.1 Å². The zero-order chi connectivity index (χ0) is 14.9. The highest BCUT2D eigenvalue weighted by atomic mass is 19.1. The number of nitrogens with one attached hydrogen (secondary N) is 1. The number of hydrogen-bond acceptors (Lipinski definition) is 2. The van der Waals surface area contributed by atoms with E-state index >= 15 is 0 Å². The average Bonchev–Trinajstić information content (AvgIpc) is 2.44. The van der Waals surface area contributed by atoms with Gasteiger partial charge in [0.05, 0.1) is 7.11 Å². The van der Waals surface area contributed by atoms with E-state index < -0.39 is 0 Å². The van der Waals surface area contributed by atoms with Crippen molar-refractivity contribution < 1.29 is 9.13 Å². The average molecular weight is 285 g/mol. The van der Waals surface area contributed by atoms with Crippen molar-refractivity contribution >= 4 is 0 Å². The second-order valence-corrected chi connectivity index (χ2v) is 5.90. The van der Waals surface area contributed by atoms with Crippen LogP contribution >= 0.6 is 0 Å². The number of hydrogen-bond donors (Lipinski definition) is 1. The van der Waals surface area contributed by atoms with E-state index in [1.165, 1.54) is 18.2 Å². The minimum absolute atomic E-state index is 0.0781. The van der Waals surface area contributed by atoms with Gasteiger partial charge in [-0.1, -0.05) is 35.9 Å². The largest absolute Gasteiger partial charge is 0.494 e. The Hall–Kier alpha value is -1.87. The molecular formula is C18H20FNO. The van der Waals surface area contributed by atoms with Crippen molar-refractivity contribution in [2.24, 2.45) is 0 Å². The van der Waals surface area contributed by atoms with Crippen LogP contribution in [0.15, 0.2) is 42.5 Å². The van der Waals surface area contributed by atoms with Crippen molar-refractivity contribution in [1.82, 2.24) is 5.32 Å². The van der Waals surface area contributed by atoms with E-state index in [9.17, 15) is 4.39 Å². The maximum atomic E-state index is 13.9. The van der Waals surface area contributed by atoms with Gasteiger partial charge in [-0.3, -0.25) is 0 Å². The molecule has 0 aromatic heterocycles. The van der Waals surface area contributed by atoms with Gasteiger partial charge >= 0.3 is 0 Å². The lowest BCUT2D eigenvalue weighted by atomic mass is 9.71. The van der Waals surface area contributed by atoms with E-state index in [0.717, 1.165) is 25.1 Å². The number of halogens is 1. The van der Waals surface area contributed by atoms with Gasteiger partial charge in [0.15, 0.2) is 11.6 Å². The highest BCUT2D eigenvalue weighted by Crippen LogP contribution is 2.33. The first-order valence-corrected chi connectivity index (χ1v) is 7.23. The van der Waals surface area contributed by atoms with Crippen molar-refractivity contribution in [3.05, 3.63) is 65.0 Å². The summed E-state index contributed by atoms with van der Waals surface area (Å²) in [6.07, 6.45) is 0.837. The molecule has 2 aromatic carbocycles. The number of aryl methyl sites for hydroxylation is 1. The Kier molecular flexibility index (Phi) is 3.68. The van der Waals surface area contributed by atoms with Crippen LogP contribution in [0.2, 0.25) is 0 Å². The van der Waals surface area contributed by atoms with Crippen molar-refractivity contribution in [3.8, 4) is 5.75 Å². The van der Waals surface area contributed by atoms with E-state index in [-0.39, 0.29) is 11.2 Å². The quantitative estimate of drug-likeness (QED) is 0.931. The fraction of sp³-hybridized carbons (Fsp3) is 0.333. The zero-order valence-electron chi connectivity index (χ0n) is 12.4. The summed E-state index contributed by atoms with van der Waals surface area (Å²) >= 11 is 0. The fourth-order valence-corrected chi connectivity index (χ4v) is 2.98. The molecule has 3 heteroatoms. The summed E-state index contributed by atoms with van der Waals surface area (Å²) in [5, 5.41) is 3.35. The standard InChI is InChI=1S/C18H20FNO/c1-13-3-6-15(7-4-13)18(11-20-12-18)10-14-5-8-17(21-2)16(19)9-14/h3-9,20H,10-12H2,1-2H3. The van der Waals surface area contributed by atoms with Gasteiger partial charge < -0.3 is 10.1 Å². The maximum Gasteiger partial charge on any atom is 0.165 e. The molecule has 1 aliphatic heterocycles. The van der Waals surface area contributed by atoms with Crippen molar-refractivity contribution in [1.29, 1.82) is 0 Å². The SMILES string of the molecule is COc1ccc(CC2(c3ccc(C)cc3)CNC2)cc1F. The number of benzene rings is 2. The Labute approximate surface area is 125 Å². The summed E-state index contributed by atoms with van der Waals surface area (Å²) in [7, 11) is 1.49. The van der Waals surface area contributed by atoms with Crippen LogP contribution in [0.5, 0.6) is 5.75 Å². The van der Waals surface area contributed by atoms with Crippen LogP contribution in [-0.4, -0.2) is 20.2 Å². The van der Waals surface area contributed by atoms with Crippen molar-refractivity contribution in [2.45, 2.75) is 18.8 Å². The molecule has 0 unspecified atom stereocenters. The molecular weight excluding hydrogens is 265 g/mol. The lowest BCUT2D eigenvalue weighted by molar-refractivity contribution is 0.274. The molecule has 0 radical (unpaired) electrons. The third-order valence-corrected chi connectivity index (χ3v) is 4.35. The second kappa shape index (κ2) is 5.49. The molecule has 1 aliphatic rings. The molecule has 0 aliphatic carbocycles. The molecule has 0 amide bonds. The van der Waals surface area contributed by atoms with E-state index in [0.29, 0.717) is 5.75 Å². The fourth-order valence-electron chi connectivity index (χ4n) is 2.98. The van der Waals surface area contributed by atoms with Gasteiger partial charge in [-0.15, -0.1) is 0 Å². The summed E-state index contributed by atoms with van der Waals surface area (Å²) in [6, 6.07) is 13.9. The third-order valence-electron chi connectivity index (χ3n) is 4.35. The zero-order valence-corrected chi connectivity index (χ0v) is 12.4. The van der Waals surface area contributed by atoms with Gasteiger partial charge in [0, 0.05) is 18.5 Å². The number of rotatable bonds is 4. The van der Waals surface area contributed by atoms with Crippen LogP contribution in [0, 0.1) is 12.7 Å². The maximum absolute atomic E-state index is 13.9. The molecule has 0 atom stereocenters. The normalized spacial score (nSPS) is 16.3. The molecule has 2 nitrogen and oxygen atoms in total. The lowest BCUT2D eigenvalue weighted by Gasteiger charge is -2.43. The van der Waals surface area contributed by atoms with Crippen LogP contribution in [-0.2, 0) is 11.8 Å². The van der Waals surface area contributed by atoms with Gasteiger partial charge in [0.1, 0.15) is 0 Å². The molecule has 21 heavy (non-hydrogen) atoms. The van der Waals surface area contributed by atoms with Crippen molar-refractivity contribution in [2.75, 3.05) is 20.2 Å². The first-order chi connectivity index (χ1) is 10.1. The number of ether oxygens (including phenoxy) is 1. The second-order valence-electron chi connectivity index (χ2n) is 5.90. The lowest BCUT2D eigenvalue weighted by Crippen LogP contribution is -2.58. The molecule has 1 fully saturated rings. The summed E-state index contributed by atoms with van der Waals surface area (Å²) < 4.78 is 18.8. The van der Waals surface area contributed by atoms with Crippen LogP contribution in [0.3, 0.4) is 0 Å². The predicted octanol–water partition coefficient (Wildman–Crippen LogP) is 3.23. The summed E-state index contributed by atoms with van der Waals surface area (Å²) in [4.78, 5) is 0. The molecule has 0 spiro atoms. The summed E-state index contributed by atoms with van der Waals surface area (Å²) in [5.41, 5.74) is 3.67. The molecule has 1 heterocycles. The first-order valence-electron chi connectivity index (χ1n) is 7.23. The highest BCUT2D eigenvalue weighted by molar-refractivity contribution is 5.37. The minimum Gasteiger partial charge on any atom is -0.494 e. The van der Waals surface area contributed by atoms with E-state index in [1.807, 2.05) is 6.07 Å². The third kappa shape index (κ3) is 2.66. The Bertz CT molecular complexity index is 632. The van der Waals surface area contributed by atoms with E-state index in [2.05, 4.69) is 36.5 Å². The van der Waals surface area contributed by atoms with Gasteiger partial charge in [-0.2, -0.15) is 0 Å². The topological polar surface area (TPSA) is 21.3 Å². The summed E-state index contributed by atoms with van der Waals surface area (Å²) in [6.45, 7) is 3.96. The van der Waals surface area contributed by atoms with Crippen LogP contribution in [0.1, 0.15) is 16.7 Å². The molecule has 110 valence electrons. The van der Waals surface area contributed by atoms with Crippen LogP contribution in [0.25, 0.3) is 0 Å². The predicted molar refractivity (Wildman–Crippen MR) is 82.4 cm³/mol. The Morgan fingerprint density at radius 1 is 1.14 bits per heavy atom. The van der Waals surface area contributed by atoms with Gasteiger partial charge in [-0.05, 0) is 36.6 Å². The molecule has 3 rings (SSSR count). The molecule has 0 bridgehead atoms. The Morgan fingerprint density at radius 2 is 1.86 bits per heavy atom. The number of methoxy groups -OCH3 is 1. The highest BCUT2D eigenvalue weighted by Gasteiger charge is 2.38. The van der Waals surface area contributed by atoms with Gasteiger partial charge in [-0.25, -0.2) is 4.39 Å². The van der Waals surface area contributed by atoms with E-state index in [1.54, 1.807) is 12.1 Å². The van der Waals surface area contributed by atoms with Crippen LogP contribution in [0.4, 0.5) is 4.39 Å². The van der Waals surface area contributed by atoms with Gasteiger partial charge in [0.2, 0.25) is 0 Å². The smallest absolute Gasteiger partial charge is 0.165 e. The Morgan fingerprint density at radius 3 is 2.38 bits per heavy atom. The minimum atomic E-state index is -0.290. The molecule has 0 saturated carbocycles. The molecule has 2 aromatic rings. The van der Waals surface area contributed by atoms with Gasteiger partial charge in [0.25, 0.3) is 0 Å². The first kappa shape index (κ1) is 14.1. The van der Waals surface area contributed by atoms with Crippen molar-refractivity contribution in [3.63, 3.8) is 0 Å².